The molecule has 0 unspecified atom stereocenters. The van der Waals surface area contributed by atoms with Gasteiger partial charge in [-0.25, -0.2) is 10.6 Å². The van der Waals surface area contributed by atoms with Gasteiger partial charge in [0, 0.05) is 19.5 Å². The lowest BCUT2D eigenvalue weighted by Crippen LogP contribution is -2.30. The number of para-hydroxylation sites is 2. The highest BCUT2D eigenvalue weighted by molar-refractivity contribution is 5.76. The zero-order valence-electron chi connectivity index (χ0n) is 10.9. The lowest BCUT2D eigenvalue weighted by molar-refractivity contribution is -0.121. The molecule has 0 aliphatic heterocycles. The molecule has 0 saturated carbocycles. The summed E-state index contributed by atoms with van der Waals surface area (Å²) in [5.74, 6) is 4.81. The van der Waals surface area contributed by atoms with Crippen LogP contribution in [-0.4, -0.2) is 15.0 Å². The number of nitrogens with two attached hydrogens (primary N) is 1. The summed E-state index contributed by atoms with van der Waals surface area (Å²) in [7, 11) is 0. The van der Waals surface area contributed by atoms with E-state index in [0.29, 0.717) is 25.9 Å². The van der Waals surface area contributed by atoms with Gasteiger partial charge in [0.1, 0.15) is 0 Å². The van der Waals surface area contributed by atoms with E-state index in [9.17, 15) is 9.59 Å². The molecule has 1 amide bonds. The number of carbonyl (C=O) groups is 1. The second-order valence-corrected chi connectivity index (χ2v) is 4.34. The summed E-state index contributed by atoms with van der Waals surface area (Å²) in [6, 6.07) is 7.68. The highest BCUT2D eigenvalue weighted by Gasteiger charge is 2.11. The second kappa shape index (κ2) is 5.71. The van der Waals surface area contributed by atoms with Crippen molar-refractivity contribution in [1.29, 1.82) is 0 Å². The molecule has 0 bridgehead atoms. The SMILES string of the molecule is CCn1c(=O)n(CCCC(=O)NN)c2ccccc21. The van der Waals surface area contributed by atoms with Crippen LogP contribution in [0.25, 0.3) is 11.0 Å². The van der Waals surface area contributed by atoms with Crippen LogP contribution in [0.4, 0.5) is 0 Å². The third kappa shape index (κ3) is 2.53. The van der Waals surface area contributed by atoms with E-state index in [1.807, 2.05) is 31.2 Å². The van der Waals surface area contributed by atoms with Gasteiger partial charge in [-0.3, -0.25) is 19.4 Å². The molecule has 0 aliphatic carbocycles. The first-order chi connectivity index (χ1) is 9.19. The van der Waals surface area contributed by atoms with Gasteiger partial charge in [0.2, 0.25) is 5.91 Å². The molecule has 2 aromatic rings. The van der Waals surface area contributed by atoms with Gasteiger partial charge in [0.25, 0.3) is 0 Å². The molecule has 1 aromatic heterocycles. The van der Waals surface area contributed by atoms with E-state index in [0.717, 1.165) is 11.0 Å². The largest absolute Gasteiger partial charge is 0.329 e. The fraction of sp³-hybridized carbons (Fsp3) is 0.385. The molecule has 19 heavy (non-hydrogen) atoms. The Balaban J connectivity index is 2.30. The molecule has 0 atom stereocenters. The molecule has 0 spiro atoms. The van der Waals surface area contributed by atoms with Crippen molar-refractivity contribution in [3.63, 3.8) is 0 Å². The van der Waals surface area contributed by atoms with Crippen LogP contribution in [0.2, 0.25) is 0 Å². The first-order valence-electron chi connectivity index (χ1n) is 6.36. The van der Waals surface area contributed by atoms with Crippen molar-refractivity contribution < 1.29 is 4.79 Å². The number of amides is 1. The van der Waals surface area contributed by atoms with Gasteiger partial charge in [-0.2, -0.15) is 0 Å². The Morgan fingerprint density at radius 2 is 1.89 bits per heavy atom. The van der Waals surface area contributed by atoms with Crippen LogP contribution in [0, 0.1) is 0 Å². The van der Waals surface area contributed by atoms with Crippen LogP contribution in [-0.2, 0) is 17.9 Å². The van der Waals surface area contributed by atoms with Crippen molar-refractivity contribution in [3.05, 3.63) is 34.7 Å². The Labute approximate surface area is 110 Å². The predicted octanol–water partition coefficient (Wildman–Crippen LogP) is 0.593. The van der Waals surface area contributed by atoms with Crippen molar-refractivity contribution in [2.75, 3.05) is 0 Å². The highest BCUT2D eigenvalue weighted by Crippen LogP contribution is 2.13. The molecule has 102 valence electrons. The number of imidazole rings is 1. The number of nitrogens with zero attached hydrogens (tertiary/aromatic N) is 2. The van der Waals surface area contributed by atoms with Gasteiger partial charge in [-0.05, 0) is 25.5 Å². The van der Waals surface area contributed by atoms with Crippen molar-refractivity contribution in [1.82, 2.24) is 14.6 Å². The van der Waals surface area contributed by atoms with Crippen LogP contribution < -0.4 is 17.0 Å². The first-order valence-corrected chi connectivity index (χ1v) is 6.36. The minimum atomic E-state index is -0.215. The number of rotatable bonds is 5. The Hall–Kier alpha value is -2.08. The van der Waals surface area contributed by atoms with Gasteiger partial charge < -0.3 is 0 Å². The fourth-order valence-electron chi connectivity index (χ4n) is 2.26. The molecule has 0 radical (unpaired) electrons. The number of fused-ring (bicyclic) bond motifs is 1. The lowest BCUT2D eigenvalue weighted by atomic mass is 10.3. The Morgan fingerprint density at radius 3 is 2.47 bits per heavy atom. The summed E-state index contributed by atoms with van der Waals surface area (Å²) in [6.45, 7) is 3.09. The topological polar surface area (TPSA) is 82.0 Å². The monoisotopic (exact) mass is 262 g/mol. The van der Waals surface area contributed by atoms with E-state index in [1.165, 1.54) is 0 Å². The highest BCUT2D eigenvalue weighted by atomic mass is 16.2. The summed E-state index contributed by atoms with van der Waals surface area (Å²) in [6.07, 6.45) is 0.898. The van der Waals surface area contributed by atoms with E-state index in [1.54, 1.807) is 9.13 Å². The minimum Gasteiger partial charge on any atom is -0.294 e. The van der Waals surface area contributed by atoms with E-state index < -0.39 is 0 Å². The van der Waals surface area contributed by atoms with Crippen LogP contribution in [0.15, 0.2) is 29.1 Å². The number of carbonyl (C=O) groups excluding carboxylic acids is 1. The van der Waals surface area contributed by atoms with E-state index in [4.69, 9.17) is 5.84 Å². The Morgan fingerprint density at radius 1 is 1.26 bits per heavy atom. The van der Waals surface area contributed by atoms with Crippen LogP contribution >= 0.6 is 0 Å². The molecule has 6 heteroatoms. The standard InChI is InChI=1S/C13H18N4O2/c1-2-16-10-6-3-4-7-11(10)17(13(16)19)9-5-8-12(18)15-14/h3-4,6-7H,2,5,8-9,14H2,1H3,(H,15,18). The molecular weight excluding hydrogens is 244 g/mol. The maximum Gasteiger partial charge on any atom is 0.329 e. The minimum absolute atomic E-state index is 0.0307. The number of nitrogens with one attached hydrogen (secondary N) is 1. The molecule has 0 aliphatic rings. The van der Waals surface area contributed by atoms with Gasteiger partial charge in [0.15, 0.2) is 0 Å². The molecule has 2 rings (SSSR count). The number of hydrogen-bond donors (Lipinski definition) is 2. The number of aryl methyl sites for hydroxylation is 2. The maximum absolute atomic E-state index is 12.3. The third-order valence-corrected chi connectivity index (χ3v) is 3.19. The predicted molar refractivity (Wildman–Crippen MR) is 73.4 cm³/mol. The molecule has 0 saturated heterocycles. The average molecular weight is 262 g/mol. The lowest BCUT2D eigenvalue weighted by Gasteiger charge is -2.02. The van der Waals surface area contributed by atoms with Crippen molar-refractivity contribution in [2.45, 2.75) is 32.9 Å². The number of hydrazine groups is 1. The molecule has 1 aromatic carbocycles. The number of aromatic nitrogens is 2. The van der Waals surface area contributed by atoms with Crippen molar-refractivity contribution in [3.8, 4) is 0 Å². The smallest absolute Gasteiger partial charge is 0.294 e. The second-order valence-electron chi connectivity index (χ2n) is 4.34. The van der Waals surface area contributed by atoms with E-state index in [2.05, 4.69) is 5.43 Å². The summed E-state index contributed by atoms with van der Waals surface area (Å²) in [5, 5.41) is 0. The fourth-order valence-corrected chi connectivity index (χ4v) is 2.26. The van der Waals surface area contributed by atoms with Gasteiger partial charge >= 0.3 is 5.69 Å². The zero-order valence-corrected chi connectivity index (χ0v) is 10.9. The summed E-state index contributed by atoms with van der Waals surface area (Å²) in [5.41, 5.74) is 3.89. The Kier molecular flexibility index (Phi) is 4.01. The van der Waals surface area contributed by atoms with Gasteiger partial charge in [0.05, 0.1) is 11.0 Å². The normalized spacial score (nSPS) is 10.8. The molecule has 6 nitrogen and oxygen atoms in total. The van der Waals surface area contributed by atoms with Crippen LogP contribution in [0.3, 0.4) is 0 Å². The first kappa shape index (κ1) is 13.4. The van der Waals surface area contributed by atoms with E-state index in [-0.39, 0.29) is 11.6 Å². The van der Waals surface area contributed by atoms with Crippen LogP contribution in [0.1, 0.15) is 19.8 Å². The molecule has 3 N–H and O–H groups in total. The van der Waals surface area contributed by atoms with Crippen molar-refractivity contribution in [2.24, 2.45) is 5.84 Å². The summed E-state index contributed by atoms with van der Waals surface area (Å²) in [4.78, 5) is 23.3. The quantitative estimate of drug-likeness (QED) is 0.470. The molecular formula is C13H18N4O2. The summed E-state index contributed by atoms with van der Waals surface area (Å²) < 4.78 is 3.45. The zero-order chi connectivity index (χ0) is 13.8. The molecule has 0 fully saturated rings. The summed E-state index contributed by atoms with van der Waals surface area (Å²) >= 11 is 0. The third-order valence-electron chi connectivity index (χ3n) is 3.19. The maximum atomic E-state index is 12.3. The number of benzene rings is 1. The van der Waals surface area contributed by atoms with Gasteiger partial charge in [-0.1, -0.05) is 12.1 Å². The van der Waals surface area contributed by atoms with Crippen LogP contribution in [0.5, 0.6) is 0 Å². The van der Waals surface area contributed by atoms with Gasteiger partial charge in [-0.15, -0.1) is 0 Å². The molecule has 1 heterocycles. The Bertz CT molecular complexity index is 642. The van der Waals surface area contributed by atoms with Crippen molar-refractivity contribution >= 4 is 16.9 Å². The number of hydrogen-bond acceptors (Lipinski definition) is 3. The van der Waals surface area contributed by atoms with E-state index >= 15 is 0 Å². The average Bonchev–Trinajstić information content (AvgIpc) is 2.71.